The van der Waals surface area contributed by atoms with Crippen molar-refractivity contribution in [3.8, 4) is 5.75 Å². The number of aliphatic hydroxyl groups is 1. The highest BCUT2D eigenvalue weighted by atomic mass is 16.5. The molecule has 0 aromatic heterocycles. The third-order valence-electron chi connectivity index (χ3n) is 2.78. The van der Waals surface area contributed by atoms with Gasteiger partial charge in [-0.15, -0.1) is 0 Å². The van der Waals surface area contributed by atoms with Crippen molar-refractivity contribution in [2.75, 3.05) is 7.11 Å². The first-order valence-electron chi connectivity index (χ1n) is 4.63. The summed E-state index contributed by atoms with van der Waals surface area (Å²) in [6.07, 6.45) is 1.91. The first-order chi connectivity index (χ1) is 6.31. The molecule has 70 valence electrons. The zero-order valence-electron chi connectivity index (χ0n) is 7.73. The third kappa shape index (κ3) is 1.54. The molecule has 2 atom stereocenters. The summed E-state index contributed by atoms with van der Waals surface area (Å²) in [7, 11) is 1.66. The van der Waals surface area contributed by atoms with Crippen LogP contribution in [0.15, 0.2) is 24.3 Å². The molecule has 0 bridgehead atoms. The molecule has 1 aromatic carbocycles. The zero-order chi connectivity index (χ0) is 9.26. The van der Waals surface area contributed by atoms with Crippen LogP contribution in [0.4, 0.5) is 0 Å². The van der Waals surface area contributed by atoms with Crippen LogP contribution >= 0.6 is 0 Å². The van der Waals surface area contributed by atoms with E-state index in [4.69, 9.17) is 4.74 Å². The van der Waals surface area contributed by atoms with E-state index in [1.165, 1.54) is 5.56 Å². The topological polar surface area (TPSA) is 29.5 Å². The number of hydrogen-bond donors (Lipinski definition) is 1. The molecule has 2 rings (SSSR count). The minimum absolute atomic E-state index is 0.131. The van der Waals surface area contributed by atoms with Crippen LogP contribution in [0.25, 0.3) is 0 Å². The average Bonchev–Trinajstić information content (AvgIpc) is 2.17. The molecule has 2 heteroatoms. The molecule has 13 heavy (non-hydrogen) atoms. The molecular formula is C11H14O2. The Hall–Kier alpha value is -1.02. The molecular weight excluding hydrogens is 164 g/mol. The second-order valence-electron chi connectivity index (χ2n) is 3.52. The number of ether oxygens (including phenoxy) is 1. The second-order valence-corrected chi connectivity index (χ2v) is 3.52. The molecule has 0 saturated heterocycles. The number of aliphatic hydroxyl groups excluding tert-OH is 1. The molecule has 1 aliphatic carbocycles. The number of rotatable bonds is 2. The summed E-state index contributed by atoms with van der Waals surface area (Å²) in [6.45, 7) is 0. The monoisotopic (exact) mass is 178 g/mol. The molecule has 1 aromatic rings. The summed E-state index contributed by atoms with van der Waals surface area (Å²) in [4.78, 5) is 0. The van der Waals surface area contributed by atoms with Gasteiger partial charge < -0.3 is 9.84 Å². The molecule has 1 aliphatic rings. The van der Waals surface area contributed by atoms with Crippen LogP contribution in [-0.4, -0.2) is 18.3 Å². The lowest BCUT2D eigenvalue weighted by Crippen LogP contribution is -2.28. The van der Waals surface area contributed by atoms with Crippen LogP contribution in [0.1, 0.15) is 24.3 Å². The summed E-state index contributed by atoms with van der Waals surface area (Å²) in [5.74, 6) is 1.23. The van der Waals surface area contributed by atoms with Crippen LogP contribution < -0.4 is 4.74 Å². The van der Waals surface area contributed by atoms with E-state index in [9.17, 15) is 5.11 Å². The van der Waals surface area contributed by atoms with Crippen LogP contribution in [0.5, 0.6) is 5.75 Å². The maximum Gasteiger partial charge on any atom is 0.118 e. The first kappa shape index (κ1) is 8.57. The van der Waals surface area contributed by atoms with Crippen molar-refractivity contribution in [1.29, 1.82) is 0 Å². The molecule has 0 amide bonds. The van der Waals surface area contributed by atoms with Gasteiger partial charge in [0.25, 0.3) is 0 Å². The zero-order valence-corrected chi connectivity index (χ0v) is 7.73. The van der Waals surface area contributed by atoms with Crippen LogP contribution in [0, 0.1) is 0 Å². The summed E-state index contributed by atoms with van der Waals surface area (Å²) >= 11 is 0. The molecule has 2 nitrogen and oxygen atoms in total. The van der Waals surface area contributed by atoms with Gasteiger partial charge in [-0.25, -0.2) is 0 Å². The van der Waals surface area contributed by atoms with Crippen molar-refractivity contribution < 1.29 is 9.84 Å². The van der Waals surface area contributed by atoms with Crippen molar-refractivity contribution in [3.63, 3.8) is 0 Å². The van der Waals surface area contributed by atoms with E-state index in [-0.39, 0.29) is 6.10 Å². The van der Waals surface area contributed by atoms with Gasteiger partial charge in [-0.1, -0.05) is 12.1 Å². The summed E-state index contributed by atoms with van der Waals surface area (Å²) < 4.78 is 5.06. The molecule has 0 radical (unpaired) electrons. The molecule has 1 fully saturated rings. The predicted molar refractivity (Wildman–Crippen MR) is 51.0 cm³/mol. The van der Waals surface area contributed by atoms with E-state index in [0.29, 0.717) is 5.92 Å². The predicted octanol–water partition coefficient (Wildman–Crippen LogP) is 1.93. The molecule has 1 saturated carbocycles. The van der Waals surface area contributed by atoms with Crippen molar-refractivity contribution in [2.24, 2.45) is 0 Å². The number of methoxy groups -OCH3 is 1. The largest absolute Gasteiger partial charge is 0.497 e. The van der Waals surface area contributed by atoms with Gasteiger partial charge in [-0.3, -0.25) is 0 Å². The van der Waals surface area contributed by atoms with Gasteiger partial charge in [0, 0.05) is 5.92 Å². The van der Waals surface area contributed by atoms with Gasteiger partial charge in [0.05, 0.1) is 13.2 Å². The average molecular weight is 178 g/mol. The maximum absolute atomic E-state index is 9.46. The van der Waals surface area contributed by atoms with Crippen molar-refractivity contribution in [3.05, 3.63) is 29.8 Å². The fraction of sp³-hybridized carbons (Fsp3) is 0.455. The normalized spacial score (nSPS) is 26.6. The summed E-state index contributed by atoms with van der Waals surface area (Å²) in [5.41, 5.74) is 1.22. The van der Waals surface area contributed by atoms with E-state index < -0.39 is 0 Å². The Kier molecular flexibility index (Phi) is 2.23. The number of benzene rings is 1. The molecule has 0 aliphatic heterocycles. The molecule has 0 heterocycles. The van der Waals surface area contributed by atoms with Crippen LogP contribution in [0.2, 0.25) is 0 Å². The Bertz CT molecular complexity index is 279. The molecule has 0 spiro atoms. The number of hydrogen-bond acceptors (Lipinski definition) is 2. The lowest BCUT2D eigenvalue weighted by Gasteiger charge is -2.32. The molecule has 2 unspecified atom stereocenters. The van der Waals surface area contributed by atoms with Crippen molar-refractivity contribution in [2.45, 2.75) is 24.9 Å². The highest BCUT2D eigenvalue weighted by molar-refractivity contribution is 5.31. The third-order valence-corrected chi connectivity index (χ3v) is 2.78. The molecule has 1 N–H and O–H groups in total. The van der Waals surface area contributed by atoms with Crippen molar-refractivity contribution in [1.82, 2.24) is 0 Å². The summed E-state index contributed by atoms with van der Waals surface area (Å²) in [5, 5.41) is 9.46. The quantitative estimate of drug-likeness (QED) is 0.749. The maximum atomic E-state index is 9.46. The van der Waals surface area contributed by atoms with Crippen molar-refractivity contribution >= 4 is 0 Å². The van der Waals surface area contributed by atoms with Gasteiger partial charge >= 0.3 is 0 Å². The lowest BCUT2D eigenvalue weighted by atomic mass is 9.77. The van der Waals surface area contributed by atoms with Gasteiger partial charge in [0.15, 0.2) is 0 Å². The van der Waals surface area contributed by atoms with Crippen LogP contribution in [0.3, 0.4) is 0 Å². The Labute approximate surface area is 78.2 Å². The van der Waals surface area contributed by atoms with E-state index >= 15 is 0 Å². The smallest absolute Gasteiger partial charge is 0.118 e. The minimum atomic E-state index is -0.131. The Balaban J connectivity index is 2.13. The Morgan fingerprint density at radius 1 is 1.23 bits per heavy atom. The van der Waals surface area contributed by atoms with Crippen LogP contribution in [-0.2, 0) is 0 Å². The highest BCUT2D eigenvalue weighted by Crippen LogP contribution is 2.37. The van der Waals surface area contributed by atoms with E-state index in [1.54, 1.807) is 7.11 Å². The Morgan fingerprint density at radius 2 is 1.92 bits per heavy atom. The second kappa shape index (κ2) is 3.38. The van der Waals surface area contributed by atoms with E-state index in [2.05, 4.69) is 0 Å². The van der Waals surface area contributed by atoms with Gasteiger partial charge in [0.2, 0.25) is 0 Å². The fourth-order valence-electron chi connectivity index (χ4n) is 1.72. The Morgan fingerprint density at radius 3 is 2.31 bits per heavy atom. The van der Waals surface area contributed by atoms with E-state index in [1.807, 2.05) is 24.3 Å². The van der Waals surface area contributed by atoms with Gasteiger partial charge in [0.1, 0.15) is 5.75 Å². The first-order valence-corrected chi connectivity index (χ1v) is 4.63. The van der Waals surface area contributed by atoms with Gasteiger partial charge in [-0.05, 0) is 30.5 Å². The summed E-state index contributed by atoms with van der Waals surface area (Å²) in [6, 6.07) is 7.96. The fourth-order valence-corrected chi connectivity index (χ4v) is 1.72. The lowest BCUT2D eigenvalue weighted by molar-refractivity contribution is 0.0661. The SMILES string of the molecule is COc1ccc(C2CCC2O)cc1. The minimum Gasteiger partial charge on any atom is -0.497 e. The standard InChI is InChI=1S/C11H14O2/c1-13-9-4-2-8(3-5-9)10-6-7-11(10)12/h2-5,10-12H,6-7H2,1H3. The van der Waals surface area contributed by atoms with Gasteiger partial charge in [-0.2, -0.15) is 0 Å². The van der Waals surface area contributed by atoms with E-state index in [0.717, 1.165) is 18.6 Å². The highest BCUT2D eigenvalue weighted by Gasteiger charge is 2.29.